The summed E-state index contributed by atoms with van der Waals surface area (Å²) in [5, 5.41) is 2.75. The molecule has 0 fully saturated rings. The number of nitrogens with one attached hydrogen (secondary N) is 1. The Kier molecular flexibility index (Phi) is 5.46. The fourth-order valence-corrected chi connectivity index (χ4v) is 4.96. The Hall–Kier alpha value is -1.41. The minimum Gasteiger partial charge on any atom is -0.325 e. The van der Waals surface area contributed by atoms with Crippen molar-refractivity contribution in [2.75, 3.05) is 11.1 Å². The van der Waals surface area contributed by atoms with Crippen molar-refractivity contribution in [3.05, 3.63) is 60.2 Å². The van der Waals surface area contributed by atoms with Gasteiger partial charge in [-0.15, -0.1) is 0 Å². The third-order valence-electron chi connectivity index (χ3n) is 3.35. The Labute approximate surface area is 150 Å². The van der Waals surface area contributed by atoms with Crippen LogP contribution in [0.1, 0.15) is 12.5 Å². The van der Waals surface area contributed by atoms with Gasteiger partial charge in [-0.3, -0.25) is 4.79 Å². The highest BCUT2D eigenvalue weighted by Gasteiger charge is 2.36. The lowest BCUT2D eigenvalue weighted by Gasteiger charge is -2.21. The Bertz CT molecular complexity index is 784. The summed E-state index contributed by atoms with van der Waals surface area (Å²) in [7, 11) is -3.54. The lowest BCUT2D eigenvalue weighted by Crippen LogP contribution is -2.40. The number of hydrogen-bond acceptors (Lipinski definition) is 3. The highest BCUT2D eigenvalue weighted by Crippen LogP contribution is 2.26. The molecule has 0 heterocycles. The van der Waals surface area contributed by atoms with Gasteiger partial charge in [0.05, 0.1) is 10.6 Å². The molecule has 122 valence electrons. The molecule has 1 N–H and O–H groups in total. The first-order valence-corrected chi connectivity index (χ1v) is 9.79. The number of rotatable bonds is 5. The maximum absolute atomic E-state index is 12.5. The second-order valence-electron chi connectivity index (χ2n) is 5.59. The SMILES string of the molecule is Cc1ccc(S(=O)(=O)CC(C)(I)C(=O)Nc2ccccc2)cc1. The van der Waals surface area contributed by atoms with E-state index in [0.717, 1.165) is 5.56 Å². The van der Waals surface area contributed by atoms with Crippen molar-refractivity contribution in [1.29, 1.82) is 0 Å². The molecular weight excluding hydrogens is 425 g/mol. The van der Waals surface area contributed by atoms with Crippen molar-refractivity contribution in [2.45, 2.75) is 22.2 Å². The fourth-order valence-electron chi connectivity index (χ4n) is 2.03. The molecule has 1 atom stereocenters. The Balaban J connectivity index is 2.16. The zero-order valence-electron chi connectivity index (χ0n) is 12.9. The molecule has 0 saturated carbocycles. The lowest BCUT2D eigenvalue weighted by atomic mass is 10.2. The molecule has 0 aliphatic rings. The van der Waals surface area contributed by atoms with Crippen LogP contribution in [0.15, 0.2) is 59.5 Å². The first-order valence-electron chi connectivity index (χ1n) is 7.05. The van der Waals surface area contributed by atoms with E-state index in [1.807, 2.05) is 47.7 Å². The molecule has 6 heteroatoms. The van der Waals surface area contributed by atoms with Crippen LogP contribution in [0, 0.1) is 6.92 Å². The van der Waals surface area contributed by atoms with E-state index in [2.05, 4.69) is 5.32 Å². The molecule has 2 aromatic rings. The summed E-state index contributed by atoms with van der Waals surface area (Å²) < 4.78 is 24.0. The van der Waals surface area contributed by atoms with Crippen LogP contribution in [0.25, 0.3) is 0 Å². The monoisotopic (exact) mass is 443 g/mol. The van der Waals surface area contributed by atoms with E-state index in [1.165, 1.54) is 0 Å². The summed E-state index contributed by atoms with van der Waals surface area (Å²) in [6.45, 7) is 3.52. The van der Waals surface area contributed by atoms with Crippen LogP contribution < -0.4 is 5.32 Å². The van der Waals surface area contributed by atoms with E-state index in [0.29, 0.717) is 5.69 Å². The highest BCUT2D eigenvalue weighted by atomic mass is 127. The van der Waals surface area contributed by atoms with Gasteiger partial charge in [-0.1, -0.05) is 58.5 Å². The normalized spacial score (nSPS) is 14.0. The summed E-state index contributed by atoms with van der Waals surface area (Å²) >= 11 is 1.90. The molecule has 4 nitrogen and oxygen atoms in total. The van der Waals surface area contributed by atoms with Crippen molar-refractivity contribution in [3.8, 4) is 0 Å². The van der Waals surface area contributed by atoms with Crippen molar-refractivity contribution in [3.63, 3.8) is 0 Å². The van der Waals surface area contributed by atoms with E-state index in [9.17, 15) is 13.2 Å². The summed E-state index contributed by atoms with van der Waals surface area (Å²) in [5.74, 6) is -0.595. The van der Waals surface area contributed by atoms with E-state index in [-0.39, 0.29) is 16.6 Å². The Morgan fingerprint density at radius 2 is 1.65 bits per heavy atom. The molecular formula is C17H18INO3S. The predicted molar refractivity (Wildman–Crippen MR) is 101 cm³/mol. The molecule has 2 aromatic carbocycles. The third-order valence-corrected chi connectivity index (χ3v) is 6.68. The molecule has 2 rings (SSSR count). The van der Waals surface area contributed by atoms with Gasteiger partial charge in [0.25, 0.3) is 0 Å². The van der Waals surface area contributed by atoms with Crippen LogP contribution in [0.5, 0.6) is 0 Å². The number of anilines is 1. The van der Waals surface area contributed by atoms with Gasteiger partial charge in [0.15, 0.2) is 9.84 Å². The predicted octanol–water partition coefficient (Wildman–Crippen LogP) is 3.60. The standard InChI is InChI=1S/C17H18INO3S/c1-13-8-10-15(11-9-13)23(21,22)12-17(2,18)16(20)19-14-6-4-3-5-7-14/h3-11H,12H2,1-2H3,(H,19,20). The zero-order chi connectivity index (χ0) is 17.1. The molecule has 0 spiro atoms. The summed E-state index contributed by atoms with van der Waals surface area (Å²) in [4.78, 5) is 12.6. The minimum absolute atomic E-state index is 0.235. The number of alkyl halides is 1. The second-order valence-corrected chi connectivity index (χ2v) is 9.96. The molecule has 0 bridgehead atoms. The van der Waals surface area contributed by atoms with E-state index < -0.39 is 13.3 Å². The van der Waals surface area contributed by atoms with Crippen LogP contribution >= 0.6 is 22.6 Å². The topological polar surface area (TPSA) is 63.2 Å². The first-order chi connectivity index (χ1) is 10.7. The van der Waals surface area contributed by atoms with Crippen LogP contribution in [-0.4, -0.2) is 23.5 Å². The first kappa shape index (κ1) is 17.9. The number of halogens is 1. The zero-order valence-corrected chi connectivity index (χ0v) is 15.9. The van der Waals surface area contributed by atoms with Gasteiger partial charge in [0, 0.05) is 5.69 Å². The van der Waals surface area contributed by atoms with Gasteiger partial charge in [0.2, 0.25) is 5.91 Å². The van der Waals surface area contributed by atoms with Crippen LogP contribution in [0.2, 0.25) is 0 Å². The molecule has 0 radical (unpaired) electrons. The van der Waals surface area contributed by atoms with Crippen molar-refractivity contribution in [2.24, 2.45) is 0 Å². The quantitative estimate of drug-likeness (QED) is 0.568. The van der Waals surface area contributed by atoms with Gasteiger partial charge in [-0.2, -0.15) is 0 Å². The number of amides is 1. The smallest absolute Gasteiger partial charge is 0.241 e. The molecule has 1 amide bonds. The molecule has 0 aliphatic heterocycles. The molecule has 23 heavy (non-hydrogen) atoms. The number of hydrogen-bond donors (Lipinski definition) is 1. The molecule has 0 aromatic heterocycles. The maximum atomic E-state index is 12.5. The van der Waals surface area contributed by atoms with E-state index >= 15 is 0 Å². The fraction of sp³-hybridized carbons (Fsp3) is 0.235. The number of benzene rings is 2. The molecule has 0 aliphatic carbocycles. The van der Waals surface area contributed by atoms with Crippen molar-refractivity contribution in [1.82, 2.24) is 0 Å². The van der Waals surface area contributed by atoms with Crippen molar-refractivity contribution < 1.29 is 13.2 Å². The van der Waals surface area contributed by atoms with Gasteiger partial charge in [-0.25, -0.2) is 8.42 Å². The van der Waals surface area contributed by atoms with E-state index in [1.54, 1.807) is 43.3 Å². The Morgan fingerprint density at radius 3 is 2.22 bits per heavy atom. The number of sulfone groups is 1. The van der Waals surface area contributed by atoms with Gasteiger partial charge in [-0.05, 0) is 38.1 Å². The second kappa shape index (κ2) is 7.00. The lowest BCUT2D eigenvalue weighted by molar-refractivity contribution is -0.117. The van der Waals surface area contributed by atoms with Crippen molar-refractivity contribution >= 4 is 44.0 Å². The van der Waals surface area contributed by atoms with Gasteiger partial charge < -0.3 is 5.32 Å². The molecule has 1 unspecified atom stereocenters. The largest absolute Gasteiger partial charge is 0.325 e. The minimum atomic E-state index is -3.54. The number of para-hydroxylation sites is 1. The summed E-state index contributed by atoms with van der Waals surface area (Å²) in [6.07, 6.45) is 0. The van der Waals surface area contributed by atoms with Gasteiger partial charge in [0.1, 0.15) is 3.42 Å². The average molecular weight is 443 g/mol. The van der Waals surface area contributed by atoms with Crippen LogP contribution in [0.4, 0.5) is 5.69 Å². The van der Waals surface area contributed by atoms with Gasteiger partial charge >= 0.3 is 0 Å². The highest BCUT2D eigenvalue weighted by molar-refractivity contribution is 14.1. The van der Waals surface area contributed by atoms with Crippen LogP contribution in [0.3, 0.4) is 0 Å². The molecule has 0 saturated heterocycles. The maximum Gasteiger partial charge on any atom is 0.241 e. The van der Waals surface area contributed by atoms with E-state index in [4.69, 9.17) is 0 Å². The number of aryl methyl sites for hydroxylation is 1. The number of carbonyl (C=O) groups is 1. The third kappa shape index (κ3) is 4.78. The Morgan fingerprint density at radius 1 is 1.09 bits per heavy atom. The average Bonchev–Trinajstić information content (AvgIpc) is 2.47. The van der Waals surface area contributed by atoms with Crippen LogP contribution in [-0.2, 0) is 14.6 Å². The summed E-state index contributed by atoms with van der Waals surface area (Å²) in [6, 6.07) is 15.6. The number of carbonyl (C=O) groups excluding carboxylic acids is 1. The summed E-state index contributed by atoms with van der Waals surface area (Å²) in [5.41, 5.74) is 1.64.